The molecular weight excluding hydrogens is 334 g/mol. The number of hydrogen-bond donors (Lipinski definition) is 1. The van der Waals surface area contributed by atoms with Crippen LogP contribution in [-0.2, 0) is 16.9 Å². The number of aryl methyl sites for hydroxylation is 1. The monoisotopic (exact) mass is 346 g/mol. The van der Waals surface area contributed by atoms with E-state index < -0.39 is 38.1 Å². The molecule has 0 bridgehead atoms. The molecule has 0 aliphatic heterocycles. The first-order valence-electron chi connectivity index (χ1n) is 6.11. The van der Waals surface area contributed by atoms with Crippen molar-refractivity contribution in [2.45, 2.75) is 4.90 Å². The van der Waals surface area contributed by atoms with Gasteiger partial charge in [-0.25, -0.2) is 22.0 Å². The Bertz CT molecular complexity index is 906. The summed E-state index contributed by atoms with van der Waals surface area (Å²) in [4.78, 5) is 9.82. The number of aromatic nitrogens is 2. The van der Waals surface area contributed by atoms with E-state index in [4.69, 9.17) is 9.84 Å². The van der Waals surface area contributed by atoms with Gasteiger partial charge in [-0.2, -0.15) is 5.10 Å². The SMILES string of the molecule is COc1c(-c2cc(C(=O)O)nn2C)cc(F)c(S(C)(=O)=O)c1F. The van der Waals surface area contributed by atoms with Gasteiger partial charge in [0.15, 0.2) is 27.1 Å². The lowest BCUT2D eigenvalue weighted by molar-refractivity contribution is 0.0689. The van der Waals surface area contributed by atoms with E-state index in [1.165, 1.54) is 7.05 Å². The Hall–Kier alpha value is -2.49. The van der Waals surface area contributed by atoms with Crippen molar-refractivity contribution in [1.82, 2.24) is 9.78 Å². The molecule has 10 heteroatoms. The highest BCUT2D eigenvalue weighted by atomic mass is 32.2. The number of rotatable bonds is 4. The van der Waals surface area contributed by atoms with Gasteiger partial charge in [0, 0.05) is 18.9 Å². The van der Waals surface area contributed by atoms with Crippen LogP contribution in [0, 0.1) is 11.6 Å². The van der Waals surface area contributed by atoms with E-state index >= 15 is 0 Å². The third kappa shape index (κ3) is 2.89. The molecule has 0 saturated carbocycles. The van der Waals surface area contributed by atoms with Crippen LogP contribution in [0.2, 0.25) is 0 Å². The number of halogens is 2. The zero-order valence-electron chi connectivity index (χ0n) is 12.3. The van der Waals surface area contributed by atoms with Crippen molar-refractivity contribution < 1.29 is 31.8 Å². The Labute approximate surface area is 130 Å². The fourth-order valence-corrected chi connectivity index (χ4v) is 2.97. The minimum absolute atomic E-state index is 0.0529. The van der Waals surface area contributed by atoms with Crippen molar-refractivity contribution in [2.24, 2.45) is 7.05 Å². The Morgan fingerprint density at radius 2 is 1.96 bits per heavy atom. The molecule has 7 nitrogen and oxygen atoms in total. The van der Waals surface area contributed by atoms with Gasteiger partial charge < -0.3 is 9.84 Å². The lowest BCUT2D eigenvalue weighted by Gasteiger charge is -2.13. The number of methoxy groups -OCH3 is 1. The van der Waals surface area contributed by atoms with Gasteiger partial charge in [-0.3, -0.25) is 4.68 Å². The van der Waals surface area contributed by atoms with Crippen LogP contribution < -0.4 is 4.74 Å². The molecule has 0 radical (unpaired) electrons. The summed E-state index contributed by atoms with van der Waals surface area (Å²) in [6, 6.07) is 1.86. The summed E-state index contributed by atoms with van der Waals surface area (Å²) in [6.45, 7) is 0. The van der Waals surface area contributed by atoms with Crippen LogP contribution in [0.1, 0.15) is 10.5 Å². The lowest BCUT2D eigenvalue weighted by Crippen LogP contribution is -2.08. The largest absolute Gasteiger partial charge is 0.493 e. The van der Waals surface area contributed by atoms with E-state index in [1.54, 1.807) is 0 Å². The van der Waals surface area contributed by atoms with Gasteiger partial charge in [-0.05, 0) is 12.1 Å². The molecule has 2 aromatic rings. The molecule has 23 heavy (non-hydrogen) atoms. The van der Waals surface area contributed by atoms with Crippen molar-refractivity contribution in [3.05, 3.63) is 29.5 Å². The fourth-order valence-electron chi connectivity index (χ4n) is 2.14. The molecule has 124 valence electrons. The van der Waals surface area contributed by atoms with Gasteiger partial charge in [0.25, 0.3) is 0 Å². The minimum atomic E-state index is -4.16. The maximum Gasteiger partial charge on any atom is 0.356 e. The van der Waals surface area contributed by atoms with E-state index in [2.05, 4.69) is 5.10 Å². The van der Waals surface area contributed by atoms with Crippen LogP contribution in [0.5, 0.6) is 5.75 Å². The number of ether oxygens (including phenoxy) is 1. The van der Waals surface area contributed by atoms with Gasteiger partial charge in [0.1, 0.15) is 10.7 Å². The number of carboxylic acid groups (broad SMARTS) is 1. The van der Waals surface area contributed by atoms with Crippen LogP contribution in [0.15, 0.2) is 17.0 Å². The summed E-state index contributed by atoms with van der Waals surface area (Å²) in [5.41, 5.74) is -0.438. The molecular formula is C13H12F2N2O5S. The molecule has 0 unspecified atom stereocenters. The maximum atomic E-state index is 14.4. The molecule has 1 aromatic heterocycles. The number of hydrogen-bond acceptors (Lipinski definition) is 5. The van der Waals surface area contributed by atoms with E-state index in [-0.39, 0.29) is 17.0 Å². The molecule has 1 heterocycles. The van der Waals surface area contributed by atoms with Crippen molar-refractivity contribution in [3.8, 4) is 17.0 Å². The number of benzene rings is 1. The van der Waals surface area contributed by atoms with Gasteiger partial charge in [-0.15, -0.1) is 0 Å². The van der Waals surface area contributed by atoms with Crippen molar-refractivity contribution in [1.29, 1.82) is 0 Å². The lowest BCUT2D eigenvalue weighted by atomic mass is 10.1. The Morgan fingerprint density at radius 1 is 1.35 bits per heavy atom. The van der Waals surface area contributed by atoms with Gasteiger partial charge >= 0.3 is 5.97 Å². The molecule has 0 aliphatic carbocycles. The number of carbonyl (C=O) groups is 1. The molecule has 0 fully saturated rings. The topological polar surface area (TPSA) is 98.5 Å². The molecule has 0 saturated heterocycles. The summed E-state index contributed by atoms with van der Waals surface area (Å²) in [7, 11) is -1.70. The van der Waals surface area contributed by atoms with Crippen LogP contribution in [0.25, 0.3) is 11.3 Å². The zero-order chi connectivity index (χ0) is 17.5. The number of aromatic carboxylic acids is 1. The first-order valence-corrected chi connectivity index (χ1v) is 8.00. The quantitative estimate of drug-likeness (QED) is 0.900. The van der Waals surface area contributed by atoms with Crippen LogP contribution in [0.4, 0.5) is 8.78 Å². The van der Waals surface area contributed by atoms with Crippen molar-refractivity contribution in [3.63, 3.8) is 0 Å². The normalized spacial score (nSPS) is 11.5. The second-order valence-corrected chi connectivity index (χ2v) is 6.65. The third-order valence-corrected chi connectivity index (χ3v) is 4.20. The Balaban J connectivity index is 2.82. The summed E-state index contributed by atoms with van der Waals surface area (Å²) in [6.07, 6.45) is 0.667. The summed E-state index contributed by atoms with van der Waals surface area (Å²) < 4.78 is 57.5. The second kappa shape index (κ2) is 5.61. The molecule has 2 rings (SSSR count). The summed E-state index contributed by atoms with van der Waals surface area (Å²) >= 11 is 0. The van der Waals surface area contributed by atoms with Crippen molar-refractivity contribution in [2.75, 3.05) is 13.4 Å². The number of carboxylic acids is 1. The standard InChI is InChI=1S/C13H12F2N2O5S/c1-17-9(5-8(16-17)13(18)19)6-4-7(14)12(23(3,20)21)10(15)11(6)22-2/h4-5H,1-3H3,(H,18,19). The first kappa shape index (κ1) is 16.9. The van der Waals surface area contributed by atoms with Crippen LogP contribution >= 0.6 is 0 Å². The first-order chi connectivity index (χ1) is 10.6. The summed E-state index contributed by atoms with van der Waals surface area (Å²) in [5.74, 6) is -4.53. The molecule has 1 N–H and O–H groups in total. The number of sulfone groups is 1. The predicted octanol–water partition coefficient (Wildman–Crippen LogP) is 1.48. The molecule has 0 spiro atoms. The third-order valence-electron chi connectivity index (χ3n) is 3.08. The fraction of sp³-hybridized carbons (Fsp3) is 0.231. The maximum absolute atomic E-state index is 14.4. The van der Waals surface area contributed by atoms with E-state index in [0.29, 0.717) is 6.26 Å². The predicted molar refractivity (Wildman–Crippen MR) is 75.2 cm³/mol. The zero-order valence-corrected chi connectivity index (χ0v) is 13.1. The van der Waals surface area contributed by atoms with E-state index in [9.17, 15) is 22.0 Å². The molecule has 1 aromatic carbocycles. The average molecular weight is 346 g/mol. The Morgan fingerprint density at radius 3 is 2.39 bits per heavy atom. The van der Waals surface area contributed by atoms with E-state index in [1.807, 2.05) is 0 Å². The smallest absolute Gasteiger partial charge is 0.356 e. The van der Waals surface area contributed by atoms with Gasteiger partial charge in [0.05, 0.1) is 12.8 Å². The molecule has 0 atom stereocenters. The Kier molecular flexibility index (Phi) is 4.12. The minimum Gasteiger partial charge on any atom is -0.493 e. The molecule has 0 amide bonds. The summed E-state index contributed by atoms with van der Waals surface area (Å²) in [5, 5.41) is 12.6. The number of nitrogens with zero attached hydrogens (tertiary/aromatic N) is 2. The van der Waals surface area contributed by atoms with E-state index in [0.717, 1.165) is 23.9 Å². The van der Waals surface area contributed by atoms with Gasteiger partial charge in [-0.1, -0.05) is 0 Å². The highest BCUT2D eigenvalue weighted by Crippen LogP contribution is 2.37. The van der Waals surface area contributed by atoms with Crippen LogP contribution in [0.3, 0.4) is 0 Å². The highest BCUT2D eigenvalue weighted by molar-refractivity contribution is 7.90. The average Bonchev–Trinajstić information content (AvgIpc) is 2.78. The van der Waals surface area contributed by atoms with Crippen molar-refractivity contribution >= 4 is 15.8 Å². The van der Waals surface area contributed by atoms with Gasteiger partial charge in [0.2, 0.25) is 0 Å². The van der Waals surface area contributed by atoms with Crippen LogP contribution in [-0.4, -0.2) is 42.6 Å². The molecule has 0 aliphatic rings. The second-order valence-electron chi connectivity index (χ2n) is 4.70. The highest BCUT2D eigenvalue weighted by Gasteiger charge is 2.28.